The molecule has 0 aliphatic heterocycles. The van der Waals surface area contributed by atoms with Crippen LogP contribution in [0.1, 0.15) is 11.5 Å². The van der Waals surface area contributed by atoms with Crippen LogP contribution in [0.5, 0.6) is 11.8 Å². The van der Waals surface area contributed by atoms with Gasteiger partial charge in [-0.1, -0.05) is 11.6 Å². The van der Waals surface area contributed by atoms with Crippen LogP contribution in [-0.4, -0.2) is 27.3 Å². The van der Waals surface area contributed by atoms with Crippen molar-refractivity contribution in [2.75, 3.05) is 7.11 Å². The molecule has 0 saturated carbocycles. The Morgan fingerprint density at radius 3 is 2.76 bits per heavy atom. The molecule has 0 bridgehead atoms. The zero-order valence-corrected chi connectivity index (χ0v) is 10.2. The lowest BCUT2D eigenvalue weighted by Crippen LogP contribution is -1.99. The third kappa shape index (κ3) is 3.15. The van der Waals surface area contributed by atoms with Crippen molar-refractivity contribution < 1.29 is 9.47 Å². The van der Waals surface area contributed by atoms with Crippen LogP contribution in [-0.2, 0) is 11.3 Å². The summed E-state index contributed by atoms with van der Waals surface area (Å²) in [6.45, 7) is 2.15. The number of rotatable bonds is 4. The van der Waals surface area contributed by atoms with E-state index in [1.165, 1.54) is 6.07 Å². The fourth-order valence-electron chi connectivity index (χ4n) is 1.24. The largest absolute Gasteiger partial charge is 0.419 e. The summed E-state index contributed by atoms with van der Waals surface area (Å²) in [5.41, 5.74) is 0.900. The molecule has 0 fully saturated rings. The molecule has 0 aliphatic rings. The first-order valence-electron chi connectivity index (χ1n) is 4.89. The number of aryl methyl sites for hydroxylation is 1. The highest BCUT2D eigenvalue weighted by Crippen LogP contribution is 2.20. The number of hydrogen-bond donors (Lipinski definition) is 1. The highest BCUT2D eigenvalue weighted by Gasteiger charge is 2.07. The van der Waals surface area contributed by atoms with Gasteiger partial charge in [-0.05, 0) is 6.92 Å². The molecule has 7 heteroatoms. The van der Waals surface area contributed by atoms with Crippen LogP contribution in [0.2, 0.25) is 5.15 Å². The second-order valence-corrected chi connectivity index (χ2v) is 3.76. The molecule has 2 aromatic rings. The minimum atomic E-state index is 0.274. The summed E-state index contributed by atoms with van der Waals surface area (Å²) in [6.07, 6.45) is 0. The van der Waals surface area contributed by atoms with E-state index < -0.39 is 0 Å². The van der Waals surface area contributed by atoms with Crippen LogP contribution in [0, 0.1) is 6.92 Å². The monoisotopic (exact) mass is 254 g/mol. The molecule has 0 spiro atoms. The van der Waals surface area contributed by atoms with Crippen LogP contribution in [0.15, 0.2) is 12.1 Å². The lowest BCUT2D eigenvalue weighted by Gasteiger charge is -2.03. The van der Waals surface area contributed by atoms with Gasteiger partial charge >= 0.3 is 0 Å². The molecule has 0 amide bonds. The molecule has 90 valence electrons. The van der Waals surface area contributed by atoms with Crippen LogP contribution in [0.25, 0.3) is 0 Å². The van der Waals surface area contributed by atoms with Crippen LogP contribution < -0.4 is 4.74 Å². The molecular formula is C10H11ClN4O2. The molecule has 0 atom stereocenters. The van der Waals surface area contributed by atoms with Gasteiger partial charge in [-0.15, -0.1) is 5.10 Å². The maximum absolute atomic E-state index is 5.84. The van der Waals surface area contributed by atoms with Crippen molar-refractivity contribution in [3.8, 4) is 11.8 Å². The maximum atomic E-state index is 5.84. The van der Waals surface area contributed by atoms with Crippen molar-refractivity contribution >= 4 is 11.6 Å². The summed E-state index contributed by atoms with van der Waals surface area (Å²) < 4.78 is 10.4. The summed E-state index contributed by atoms with van der Waals surface area (Å²) in [6, 6.07) is 3.27. The lowest BCUT2D eigenvalue weighted by atomic mass is 10.5. The van der Waals surface area contributed by atoms with Crippen LogP contribution >= 0.6 is 11.6 Å². The maximum Gasteiger partial charge on any atom is 0.240 e. The Hall–Kier alpha value is -1.66. The Labute approximate surface area is 103 Å². The van der Waals surface area contributed by atoms with Gasteiger partial charge in [-0.25, -0.2) is 4.98 Å². The van der Waals surface area contributed by atoms with E-state index in [0.717, 1.165) is 5.69 Å². The molecule has 17 heavy (non-hydrogen) atoms. The second kappa shape index (κ2) is 5.11. The Morgan fingerprint density at radius 1 is 1.29 bits per heavy atom. The number of halogens is 1. The van der Waals surface area contributed by atoms with Crippen molar-refractivity contribution in [1.82, 2.24) is 20.2 Å². The van der Waals surface area contributed by atoms with E-state index in [9.17, 15) is 0 Å². The van der Waals surface area contributed by atoms with E-state index >= 15 is 0 Å². The van der Waals surface area contributed by atoms with E-state index in [1.54, 1.807) is 13.2 Å². The Morgan fingerprint density at radius 2 is 2.12 bits per heavy atom. The molecule has 1 N–H and O–H groups in total. The average molecular weight is 255 g/mol. The van der Waals surface area contributed by atoms with Crippen molar-refractivity contribution in [3.63, 3.8) is 0 Å². The van der Waals surface area contributed by atoms with E-state index in [4.69, 9.17) is 21.1 Å². The SMILES string of the molecule is COCc1nc(Cl)cc(Oc2cc(C)[nH]n2)n1. The first-order chi connectivity index (χ1) is 8.17. The fraction of sp³-hybridized carbons (Fsp3) is 0.300. The Balaban J connectivity index is 2.20. The highest BCUT2D eigenvalue weighted by molar-refractivity contribution is 6.29. The van der Waals surface area contributed by atoms with E-state index in [1.807, 2.05) is 6.92 Å². The van der Waals surface area contributed by atoms with Gasteiger partial charge < -0.3 is 9.47 Å². The first-order valence-corrected chi connectivity index (χ1v) is 5.27. The predicted octanol–water partition coefficient (Wildman–Crippen LogP) is 2.10. The third-order valence-electron chi connectivity index (χ3n) is 1.88. The Kier molecular flexibility index (Phi) is 3.55. The lowest BCUT2D eigenvalue weighted by molar-refractivity contribution is 0.177. The minimum Gasteiger partial charge on any atom is -0.419 e. The average Bonchev–Trinajstić information content (AvgIpc) is 2.63. The normalized spacial score (nSPS) is 10.5. The van der Waals surface area contributed by atoms with Gasteiger partial charge in [-0.3, -0.25) is 5.10 Å². The number of hydrogen-bond acceptors (Lipinski definition) is 5. The number of nitrogens with one attached hydrogen (secondary N) is 1. The number of H-pyrrole nitrogens is 1. The molecular weight excluding hydrogens is 244 g/mol. The van der Waals surface area contributed by atoms with E-state index in [0.29, 0.717) is 22.7 Å². The molecule has 2 aromatic heterocycles. The van der Waals surface area contributed by atoms with Gasteiger partial charge in [0.2, 0.25) is 11.8 Å². The molecule has 2 rings (SSSR count). The van der Waals surface area contributed by atoms with Crippen molar-refractivity contribution in [3.05, 3.63) is 28.8 Å². The molecule has 0 radical (unpaired) electrons. The molecule has 0 saturated heterocycles. The zero-order valence-electron chi connectivity index (χ0n) is 9.40. The molecule has 0 aromatic carbocycles. The molecule has 2 heterocycles. The Bertz CT molecular complexity index is 515. The number of aromatic nitrogens is 4. The number of ether oxygens (including phenoxy) is 2. The van der Waals surface area contributed by atoms with Gasteiger partial charge in [-0.2, -0.15) is 4.98 Å². The number of methoxy groups -OCH3 is 1. The zero-order chi connectivity index (χ0) is 12.3. The van der Waals surface area contributed by atoms with E-state index in [-0.39, 0.29) is 6.61 Å². The van der Waals surface area contributed by atoms with Crippen LogP contribution in [0.4, 0.5) is 0 Å². The summed E-state index contributed by atoms with van der Waals surface area (Å²) in [4.78, 5) is 8.12. The van der Waals surface area contributed by atoms with Gasteiger partial charge in [0.1, 0.15) is 11.8 Å². The summed E-state index contributed by atoms with van der Waals surface area (Å²) in [5, 5.41) is 7.00. The summed E-state index contributed by atoms with van der Waals surface area (Å²) in [5.74, 6) is 1.23. The van der Waals surface area contributed by atoms with Crippen molar-refractivity contribution in [2.45, 2.75) is 13.5 Å². The topological polar surface area (TPSA) is 72.9 Å². The summed E-state index contributed by atoms with van der Waals surface area (Å²) >= 11 is 5.84. The second-order valence-electron chi connectivity index (χ2n) is 3.37. The van der Waals surface area contributed by atoms with Crippen molar-refractivity contribution in [2.24, 2.45) is 0 Å². The highest BCUT2D eigenvalue weighted by atomic mass is 35.5. The van der Waals surface area contributed by atoms with Crippen LogP contribution in [0.3, 0.4) is 0 Å². The first kappa shape index (κ1) is 11.8. The van der Waals surface area contributed by atoms with Gasteiger partial charge in [0.05, 0.1) is 0 Å². The van der Waals surface area contributed by atoms with Gasteiger partial charge in [0.15, 0.2) is 5.82 Å². The number of nitrogens with zero attached hydrogens (tertiary/aromatic N) is 3. The standard InChI is InChI=1S/C10H11ClN4O2/c1-6-3-10(15-14-6)17-9-4-7(11)12-8(13-9)5-16-2/h3-4H,5H2,1-2H3,(H,14,15). The summed E-state index contributed by atoms with van der Waals surface area (Å²) in [7, 11) is 1.56. The molecule has 0 aliphatic carbocycles. The molecule has 6 nitrogen and oxygen atoms in total. The van der Waals surface area contributed by atoms with Gasteiger partial charge in [0, 0.05) is 24.9 Å². The smallest absolute Gasteiger partial charge is 0.240 e. The fourth-order valence-corrected chi connectivity index (χ4v) is 1.43. The van der Waals surface area contributed by atoms with E-state index in [2.05, 4.69) is 20.2 Å². The predicted molar refractivity (Wildman–Crippen MR) is 61.2 cm³/mol. The third-order valence-corrected chi connectivity index (χ3v) is 2.08. The number of aromatic amines is 1. The minimum absolute atomic E-state index is 0.274. The quantitative estimate of drug-likeness (QED) is 0.846. The molecule has 0 unspecified atom stereocenters. The van der Waals surface area contributed by atoms with Crippen molar-refractivity contribution in [1.29, 1.82) is 0 Å². The van der Waals surface area contributed by atoms with Gasteiger partial charge in [0.25, 0.3) is 0 Å².